The molecule has 36 heavy (non-hydrogen) atoms. The van der Waals surface area contributed by atoms with Crippen LogP contribution in [-0.4, -0.2) is 21.8 Å². The SMILES string of the molecule is O=C(NCc1ccc(F)cc1)c1csc(CN(Cc2ccc(F)cc2)C(=O)Nc2ccc(Br)cc2)n1. The Labute approximate surface area is 219 Å². The maximum Gasteiger partial charge on any atom is 0.322 e. The summed E-state index contributed by atoms with van der Waals surface area (Å²) in [7, 11) is 0. The first-order valence-electron chi connectivity index (χ1n) is 10.9. The van der Waals surface area contributed by atoms with Crippen LogP contribution in [0.3, 0.4) is 0 Å². The molecule has 0 saturated carbocycles. The predicted octanol–water partition coefficient (Wildman–Crippen LogP) is 6.35. The van der Waals surface area contributed by atoms with Gasteiger partial charge >= 0.3 is 6.03 Å². The Kier molecular flexibility index (Phi) is 8.40. The van der Waals surface area contributed by atoms with Crippen LogP contribution in [0.5, 0.6) is 0 Å². The van der Waals surface area contributed by atoms with Gasteiger partial charge in [-0.15, -0.1) is 11.3 Å². The van der Waals surface area contributed by atoms with Crippen molar-refractivity contribution in [3.8, 4) is 0 Å². The molecular weight excluding hydrogens is 550 g/mol. The van der Waals surface area contributed by atoms with Crippen LogP contribution >= 0.6 is 27.3 Å². The van der Waals surface area contributed by atoms with E-state index in [-0.39, 0.29) is 48.9 Å². The molecule has 0 aliphatic heterocycles. The minimum atomic E-state index is -0.369. The molecule has 1 aromatic heterocycles. The van der Waals surface area contributed by atoms with E-state index >= 15 is 0 Å². The molecule has 2 N–H and O–H groups in total. The van der Waals surface area contributed by atoms with Crippen LogP contribution in [0.1, 0.15) is 26.6 Å². The Bertz CT molecular complexity index is 1330. The first kappa shape index (κ1) is 25.5. The van der Waals surface area contributed by atoms with Crippen molar-refractivity contribution < 1.29 is 18.4 Å². The zero-order valence-electron chi connectivity index (χ0n) is 18.9. The van der Waals surface area contributed by atoms with Gasteiger partial charge in [-0.1, -0.05) is 40.2 Å². The second-order valence-electron chi connectivity index (χ2n) is 7.86. The van der Waals surface area contributed by atoms with Crippen molar-refractivity contribution in [3.63, 3.8) is 0 Å². The van der Waals surface area contributed by atoms with E-state index in [0.29, 0.717) is 10.7 Å². The van der Waals surface area contributed by atoms with Gasteiger partial charge < -0.3 is 15.5 Å². The van der Waals surface area contributed by atoms with Crippen molar-refractivity contribution in [2.45, 2.75) is 19.6 Å². The van der Waals surface area contributed by atoms with Gasteiger partial charge in [-0.3, -0.25) is 4.79 Å². The van der Waals surface area contributed by atoms with Crippen LogP contribution in [0.2, 0.25) is 0 Å². The number of aromatic nitrogens is 1. The number of urea groups is 1. The van der Waals surface area contributed by atoms with Crippen LogP contribution in [0, 0.1) is 11.6 Å². The number of amides is 3. The predicted molar refractivity (Wildman–Crippen MR) is 138 cm³/mol. The van der Waals surface area contributed by atoms with Crippen molar-refractivity contribution in [3.05, 3.63) is 116 Å². The summed E-state index contributed by atoms with van der Waals surface area (Å²) >= 11 is 4.63. The van der Waals surface area contributed by atoms with Gasteiger partial charge in [-0.25, -0.2) is 18.6 Å². The Morgan fingerprint density at radius 2 is 1.47 bits per heavy atom. The second-order valence-corrected chi connectivity index (χ2v) is 9.71. The topological polar surface area (TPSA) is 74.3 Å². The van der Waals surface area contributed by atoms with Gasteiger partial charge in [0.05, 0.1) is 6.54 Å². The number of rotatable bonds is 8. The zero-order chi connectivity index (χ0) is 25.5. The van der Waals surface area contributed by atoms with Gasteiger partial charge in [-0.2, -0.15) is 0 Å². The van der Waals surface area contributed by atoms with Crippen LogP contribution < -0.4 is 10.6 Å². The highest BCUT2D eigenvalue weighted by Crippen LogP contribution is 2.19. The quantitative estimate of drug-likeness (QED) is 0.259. The average molecular weight is 571 g/mol. The second kappa shape index (κ2) is 11.9. The fourth-order valence-electron chi connectivity index (χ4n) is 3.27. The maximum absolute atomic E-state index is 13.4. The minimum absolute atomic E-state index is 0.148. The van der Waals surface area contributed by atoms with Crippen molar-refractivity contribution >= 4 is 44.9 Å². The lowest BCUT2D eigenvalue weighted by Crippen LogP contribution is -2.34. The van der Waals surface area contributed by atoms with Gasteiger partial charge in [0.1, 0.15) is 22.3 Å². The Morgan fingerprint density at radius 3 is 2.11 bits per heavy atom. The molecule has 0 saturated heterocycles. The number of thiazole rings is 1. The number of hydrogen-bond donors (Lipinski definition) is 2. The van der Waals surface area contributed by atoms with E-state index in [2.05, 4.69) is 31.5 Å². The van der Waals surface area contributed by atoms with Crippen LogP contribution in [-0.2, 0) is 19.6 Å². The summed E-state index contributed by atoms with van der Waals surface area (Å²) in [6.07, 6.45) is 0. The molecule has 0 bridgehead atoms. The number of benzene rings is 3. The first-order valence-corrected chi connectivity index (χ1v) is 12.6. The molecular formula is C26H21BrF2N4O2S. The van der Waals surface area contributed by atoms with Gasteiger partial charge in [0.2, 0.25) is 0 Å². The molecule has 0 spiro atoms. The lowest BCUT2D eigenvalue weighted by Gasteiger charge is -2.22. The highest BCUT2D eigenvalue weighted by Gasteiger charge is 2.18. The summed E-state index contributed by atoms with van der Waals surface area (Å²) in [5.41, 5.74) is 2.35. The average Bonchev–Trinajstić information content (AvgIpc) is 3.34. The molecule has 3 amide bonds. The molecule has 184 valence electrons. The zero-order valence-corrected chi connectivity index (χ0v) is 21.3. The molecule has 10 heteroatoms. The number of hydrogen-bond acceptors (Lipinski definition) is 4. The fraction of sp³-hybridized carbons (Fsp3) is 0.115. The number of nitrogens with one attached hydrogen (secondary N) is 2. The van der Waals surface area contributed by atoms with Gasteiger partial charge in [0.15, 0.2) is 0 Å². The third kappa shape index (κ3) is 7.19. The van der Waals surface area contributed by atoms with Crippen LogP contribution in [0.15, 0.2) is 82.6 Å². The fourth-order valence-corrected chi connectivity index (χ4v) is 4.32. The highest BCUT2D eigenvalue weighted by molar-refractivity contribution is 9.10. The van der Waals surface area contributed by atoms with E-state index in [1.54, 1.807) is 41.8 Å². The van der Waals surface area contributed by atoms with E-state index < -0.39 is 0 Å². The number of halogens is 3. The number of anilines is 1. The largest absolute Gasteiger partial charge is 0.347 e. The van der Waals surface area contributed by atoms with E-state index in [0.717, 1.165) is 15.6 Å². The maximum atomic E-state index is 13.4. The molecule has 3 aromatic carbocycles. The molecule has 0 radical (unpaired) electrons. The molecule has 0 aliphatic rings. The number of carbonyl (C=O) groups is 2. The summed E-state index contributed by atoms with van der Waals surface area (Å²) in [6, 6.07) is 18.6. The van der Waals surface area contributed by atoms with Crippen molar-refractivity contribution in [1.82, 2.24) is 15.2 Å². The summed E-state index contributed by atoms with van der Waals surface area (Å²) in [5.74, 6) is -1.07. The minimum Gasteiger partial charge on any atom is -0.347 e. The molecule has 0 atom stereocenters. The van der Waals surface area contributed by atoms with Crippen LogP contribution in [0.4, 0.5) is 19.3 Å². The standard InChI is InChI=1S/C26H21BrF2N4O2S/c27-19-5-11-22(12-6-19)31-26(35)33(14-18-3-9-21(29)10-4-18)15-24-32-23(16-36-24)25(34)30-13-17-1-7-20(28)8-2-17/h1-12,16H,13-15H2,(H,30,34)(H,31,35). The summed E-state index contributed by atoms with van der Waals surface area (Å²) in [6.45, 7) is 0.599. The summed E-state index contributed by atoms with van der Waals surface area (Å²) < 4.78 is 27.3. The lowest BCUT2D eigenvalue weighted by molar-refractivity contribution is 0.0946. The van der Waals surface area contributed by atoms with Gasteiger partial charge in [0.25, 0.3) is 5.91 Å². The van der Waals surface area contributed by atoms with Crippen molar-refractivity contribution in [2.24, 2.45) is 0 Å². The Hall–Kier alpha value is -3.63. The van der Waals surface area contributed by atoms with E-state index in [1.807, 2.05) is 12.1 Å². The monoisotopic (exact) mass is 570 g/mol. The van der Waals surface area contributed by atoms with Gasteiger partial charge in [0, 0.05) is 28.6 Å². The molecule has 1 heterocycles. The molecule has 0 aliphatic carbocycles. The smallest absolute Gasteiger partial charge is 0.322 e. The summed E-state index contributed by atoms with van der Waals surface area (Å²) in [5, 5.41) is 7.80. The molecule has 4 rings (SSSR count). The molecule has 4 aromatic rings. The van der Waals surface area contributed by atoms with Gasteiger partial charge in [-0.05, 0) is 59.7 Å². The van der Waals surface area contributed by atoms with E-state index in [1.165, 1.54) is 40.5 Å². The Morgan fingerprint density at radius 1 is 0.861 bits per heavy atom. The van der Waals surface area contributed by atoms with E-state index in [4.69, 9.17) is 0 Å². The first-order chi connectivity index (χ1) is 17.4. The number of carbonyl (C=O) groups excluding carboxylic acids is 2. The molecule has 0 unspecified atom stereocenters. The van der Waals surface area contributed by atoms with Crippen molar-refractivity contribution in [1.29, 1.82) is 0 Å². The third-order valence-corrected chi connectivity index (χ3v) is 6.51. The summed E-state index contributed by atoms with van der Waals surface area (Å²) in [4.78, 5) is 31.6. The van der Waals surface area contributed by atoms with Crippen LogP contribution in [0.25, 0.3) is 0 Å². The normalized spacial score (nSPS) is 10.6. The third-order valence-electron chi connectivity index (χ3n) is 5.15. The lowest BCUT2D eigenvalue weighted by atomic mass is 10.2. The highest BCUT2D eigenvalue weighted by atomic mass is 79.9. The van der Waals surface area contributed by atoms with Crippen molar-refractivity contribution in [2.75, 3.05) is 5.32 Å². The number of nitrogens with zero attached hydrogens (tertiary/aromatic N) is 2. The molecule has 6 nitrogen and oxygen atoms in total. The van der Waals surface area contributed by atoms with E-state index in [9.17, 15) is 18.4 Å². The molecule has 0 fully saturated rings. The Balaban J connectivity index is 1.44.